The number of anilines is 1. The van der Waals surface area contributed by atoms with Crippen LogP contribution in [0.15, 0.2) is 24.3 Å². The van der Waals surface area contributed by atoms with Crippen LogP contribution in [0.3, 0.4) is 0 Å². The summed E-state index contributed by atoms with van der Waals surface area (Å²) < 4.78 is 18.8. The lowest BCUT2D eigenvalue weighted by Crippen LogP contribution is -2.35. The average Bonchev–Trinajstić information content (AvgIpc) is 3.03. The molecule has 0 spiro atoms. The van der Waals surface area contributed by atoms with Gasteiger partial charge >= 0.3 is 6.09 Å². The second-order valence-corrected chi connectivity index (χ2v) is 7.72. The summed E-state index contributed by atoms with van der Waals surface area (Å²) in [5, 5.41) is 12.9. The van der Waals surface area contributed by atoms with Crippen LogP contribution in [0.4, 0.5) is 14.2 Å². The number of carbonyl (C=O) groups is 2. The zero-order valence-corrected chi connectivity index (χ0v) is 17.1. The van der Waals surface area contributed by atoms with Crippen LogP contribution in [0.25, 0.3) is 6.08 Å². The quantitative estimate of drug-likeness (QED) is 0.715. The molecule has 150 valence electrons. The number of hydrogen-bond acceptors (Lipinski definition) is 5. The van der Waals surface area contributed by atoms with Gasteiger partial charge in [-0.05, 0) is 37.1 Å². The molecule has 1 aliphatic rings. The van der Waals surface area contributed by atoms with E-state index in [4.69, 9.17) is 16.3 Å². The number of carbonyl (C=O) groups excluding carboxylic acids is 2. The summed E-state index contributed by atoms with van der Waals surface area (Å²) in [5.41, 5.74) is 1.45. The largest absolute Gasteiger partial charge is 0.450 e. The molecule has 3 rings (SSSR count). The molecule has 0 aliphatic carbocycles. The van der Waals surface area contributed by atoms with Gasteiger partial charge in [0.15, 0.2) is 0 Å². The highest BCUT2D eigenvalue weighted by atomic mass is 35.5. The lowest BCUT2D eigenvalue weighted by molar-refractivity contribution is -0.111. The predicted molar refractivity (Wildman–Crippen MR) is 109 cm³/mol. The topological polar surface area (TPSA) is 82.4 Å². The smallest absolute Gasteiger partial charge is 0.410 e. The molecule has 0 radical (unpaired) electrons. The molecule has 0 bridgehead atoms. The number of fused-ring (bicyclic) bond motifs is 1. The Kier molecular flexibility index (Phi) is 6.52. The zero-order valence-electron chi connectivity index (χ0n) is 15.5. The molecule has 0 fully saturated rings. The summed E-state index contributed by atoms with van der Waals surface area (Å²) in [4.78, 5) is 26.6. The molecule has 0 atom stereocenters. The van der Waals surface area contributed by atoms with Gasteiger partial charge in [-0.2, -0.15) is 5.26 Å². The molecule has 2 aromatic rings. The van der Waals surface area contributed by atoms with Gasteiger partial charge < -0.3 is 15.0 Å². The van der Waals surface area contributed by atoms with Crippen LogP contribution in [-0.2, 0) is 22.5 Å². The van der Waals surface area contributed by atoms with Gasteiger partial charge in [0.2, 0.25) is 5.91 Å². The first-order valence-electron chi connectivity index (χ1n) is 8.83. The molecule has 0 unspecified atom stereocenters. The minimum atomic E-state index is -0.537. The molecule has 1 N–H and O–H groups in total. The maximum Gasteiger partial charge on any atom is 0.410 e. The van der Waals surface area contributed by atoms with E-state index in [1.165, 1.54) is 35.6 Å². The molecule has 29 heavy (non-hydrogen) atoms. The number of halogens is 2. The Morgan fingerprint density at radius 2 is 2.28 bits per heavy atom. The van der Waals surface area contributed by atoms with E-state index in [0.29, 0.717) is 30.1 Å². The molecular formula is C20H17ClFN3O3S. The normalized spacial score (nSPS) is 13.1. The van der Waals surface area contributed by atoms with Crippen LogP contribution in [0.1, 0.15) is 28.5 Å². The van der Waals surface area contributed by atoms with Crippen molar-refractivity contribution in [3.8, 4) is 6.07 Å². The maximum absolute atomic E-state index is 13.8. The van der Waals surface area contributed by atoms with Crippen molar-refractivity contribution in [1.29, 1.82) is 5.26 Å². The Morgan fingerprint density at radius 3 is 2.97 bits per heavy atom. The number of amides is 2. The standard InChI is InChI=1S/C20H17ClFN3O3S/c1-2-28-20(27)25-8-7-14-15(10-23)19(29-17(14)11-25)24-18(26)6-4-12-3-5-13(21)9-16(12)22/h3-6,9H,2,7-8,11H2,1H3,(H,24,26). The number of nitrogens with one attached hydrogen (secondary N) is 1. The van der Waals surface area contributed by atoms with Crippen molar-refractivity contribution < 1.29 is 18.7 Å². The minimum Gasteiger partial charge on any atom is -0.450 e. The Bertz CT molecular complexity index is 1030. The highest BCUT2D eigenvalue weighted by Gasteiger charge is 2.27. The van der Waals surface area contributed by atoms with E-state index in [0.717, 1.165) is 16.5 Å². The number of thiophene rings is 1. The van der Waals surface area contributed by atoms with Gasteiger partial charge in [0.25, 0.3) is 0 Å². The average molecular weight is 434 g/mol. The van der Waals surface area contributed by atoms with Crippen LogP contribution in [0.2, 0.25) is 5.02 Å². The number of hydrogen-bond donors (Lipinski definition) is 1. The Morgan fingerprint density at radius 1 is 1.48 bits per heavy atom. The van der Waals surface area contributed by atoms with E-state index in [1.54, 1.807) is 11.8 Å². The molecule has 2 amide bonds. The summed E-state index contributed by atoms with van der Waals surface area (Å²) in [6.07, 6.45) is 2.64. The summed E-state index contributed by atoms with van der Waals surface area (Å²) in [6, 6.07) is 6.29. The van der Waals surface area contributed by atoms with Gasteiger partial charge in [-0.3, -0.25) is 4.79 Å². The monoisotopic (exact) mass is 433 g/mol. The van der Waals surface area contributed by atoms with E-state index in [-0.39, 0.29) is 17.2 Å². The second kappa shape index (κ2) is 9.07. The highest BCUT2D eigenvalue weighted by molar-refractivity contribution is 7.16. The van der Waals surface area contributed by atoms with Gasteiger partial charge in [-0.25, -0.2) is 9.18 Å². The maximum atomic E-state index is 13.8. The molecular weight excluding hydrogens is 417 g/mol. The summed E-state index contributed by atoms with van der Waals surface area (Å²) in [6.45, 7) is 2.80. The Hall–Kier alpha value is -2.89. The van der Waals surface area contributed by atoms with Crippen LogP contribution in [0.5, 0.6) is 0 Å². The fourth-order valence-corrected chi connectivity index (χ4v) is 4.31. The molecule has 6 nitrogen and oxygen atoms in total. The second-order valence-electron chi connectivity index (χ2n) is 6.18. The fourth-order valence-electron chi connectivity index (χ4n) is 2.94. The van der Waals surface area contributed by atoms with Gasteiger partial charge in [-0.1, -0.05) is 17.7 Å². The molecule has 1 aromatic heterocycles. The molecule has 9 heteroatoms. The first kappa shape index (κ1) is 20.8. The van der Waals surface area contributed by atoms with Crippen molar-refractivity contribution in [2.75, 3.05) is 18.5 Å². The van der Waals surface area contributed by atoms with Gasteiger partial charge in [0.1, 0.15) is 16.9 Å². The van der Waals surface area contributed by atoms with Crippen LogP contribution in [0, 0.1) is 17.1 Å². The molecule has 2 heterocycles. The van der Waals surface area contributed by atoms with Crippen molar-refractivity contribution in [2.24, 2.45) is 0 Å². The third kappa shape index (κ3) is 4.75. The number of ether oxygens (including phenoxy) is 1. The highest BCUT2D eigenvalue weighted by Crippen LogP contribution is 2.36. The fraction of sp³-hybridized carbons (Fsp3) is 0.250. The third-order valence-electron chi connectivity index (χ3n) is 4.31. The third-order valence-corrected chi connectivity index (χ3v) is 5.68. The number of nitriles is 1. The Balaban J connectivity index is 1.75. The van der Waals surface area contributed by atoms with Crippen molar-refractivity contribution in [3.63, 3.8) is 0 Å². The van der Waals surface area contributed by atoms with E-state index in [9.17, 15) is 19.2 Å². The van der Waals surface area contributed by atoms with Gasteiger partial charge in [-0.15, -0.1) is 11.3 Å². The lowest BCUT2D eigenvalue weighted by Gasteiger charge is -2.25. The van der Waals surface area contributed by atoms with Crippen molar-refractivity contribution in [2.45, 2.75) is 19.9 Å². The number of nitrogens with zero attached hydrogens (tertiary/aromatic N) is 2. The summed E-state index contributed by atoms with van der Waals surface area (Å²) in [5.74, 6) is -1.03. The Labute approximate surface area is 176 Å². The van der Waals surface area contributed by atoms with E-state index < -0.39 is 17.8 Å². The minimum absolute atomic E-state index is 0.223. The van der Waals surface area contributed by atoms with E-state index >= 15 is 0 Å². The molecule has 1 aromatic carbocycles. The lowest BCUT2D eigenvalue weighted by atomic mass is 10.0. The summed E-state index contributed by atoms with van der Waals surface area (Å²) in [7, 11) is 0. The molecule has 0 saturated heterocycles. The van der Waals surface area contributed by atoms with Crippen LogP contribution >= 0.6 is 22.9 Å². The van der Waals surface area contributed by atoms with E-state index in [2.05, 4.69) is 11.4 Å². The number of benzene rings is 1. The van der Waals surface area contributed by atoms with Crippen molar-refractivity contribution in [1.82, 2.24) is 4.90 Å². The van der Waals surface area contributed by atoms with Crippen LogP contribution in [-0.4, -0.2) is 30.1 Å². The van der Waals surface area contributed by atoms with Gasteiger partial charge in [0, 0.05) is 28.1 Å². The predicted octanol–water partition coefficient (Wildman–Crippen LogP) is 4.58. The first-order chi connectivity index (χ1) is 13.9. The van der Waals surface area contributed by atoms with Gasteiger partial charge in [0.05, 0.1) is 18.7 Å². The van der Waals surface area contributed by atoms with Crippen molar-refractivity contribution >= 4 is 46.0 Å². The molecule has 0 saturated carbocycles. The number of rotatable bonds is 4. The summed E-state index contributed by atoms with van der Waals surface area (Å²) >= 11 is 6.96. The first-order valence-corrected chi connectivity index (χ1v) is 10.0. The van der Waals surface area contributed by atoms with Crippen molar-refractivity contribution in [3.05, 3.63) is 56.7 Å². The molecule has 1 aliphatic heterocycles. The zero-order chi connectivity index (χ0) is 21.0. The SMILES string of the molecule is CCOC(=O)N1CCc2c(sc(NC(=O)C=Cc3ccc(Cl)cc3F)c2C#N)C1. The van der Waals surface area contributed by atoms with Crippen LogP contribution < -0.4 is 5.32 Å². The van der Waals surface area contributed by atoms with E-state index in [1.807, 2.05) is 0 Å².